The van der Waals surface area contributed by atoms with Crippen molar-refractivity contribution in [3.05, 3.63) is 47.8 Å². The number of alkyl halides is 1. The van der Waals surface area contributed by atoms with Gasteiger partial charge in [-0.2, -0.15) is 0 Å². The van der Waals surface area contributed by atoms with Gasteiger partial charge in [-0.15, -0.1) is 11.6 Å². The average Bonchev–Trinajstić information content (AvgIpc) is 2.59. The van der Waals surface area contributed by atoms with E-state index in [9.17, 15) is 0 Å². The molecule has 0 atom stereocenters. The summed E-state index contributed by atoms with van der Waals surface area (Å²) in [4.78, 5) is 0. The number of methoxy groups -OCH3 is 1. The Morgan fingerprint density at radius 3 is 2.18 bits per heavy atom. The fourth-order valence-electron chi connectivity index (χ4n) is 1.35. The van der Waals surface area contributed by atoms with Crippen molar-refractivity contribution in [1.82, 2.24) is 5.32 Å². The lowest BCUT2D eigenvalue weighted by Gasteiger charge is -2.03. The molecule has 0 aromatic heterocycles. The third-order valence-corrected chi connectivity index (χ3v) is 2.48. The van der Waals surface area contributed by atoms with Gasteiger partial charge < -0.3 is 10.1 Å². The van der Waals surface area contributed by atoms with Crippen LogP contribution in [0.3, 0.4) is 0 Å². The van der Waals surface area contributed by atoms with Gasteiger partial charge in [0.25, 0.3) is 0 Å². The van der Waals surface area contributed by atoms with E-state index in [4.69, 9.17) is 16.3 Å². The Morgan fingerprint density at radius 1 is 1.09 bits per heavy atom. The predicted octanol–water partition coefficient (Wildman–Crippen LogP) is 5.87. The van der Waals surface area contributed by atoms with Crippen molar-refractivity contribution in [3.63, 3.8) is 0 Å². The number of hydrogen-bond acceptors (Lipinski definition) is 2. The molecule has 0 heterocycles. The van der Waals surface area contributed by atoms with Crippen molar-refractivity contribution in [2.75, 3.05) is 26.1 Å². The Balaban J connectivity index is -0.000000826. The second kappa shape index (κ2) is 25.0. The molecule has 22 heavy (non-hydrogen) atoms. The van der Waals surface area contributed by atoms with E-state index in [1.54, 1.807) is 7.11 Å². The topological polar surface area (TPSA) is 21.3 Å². The number of halogens is 1. The Labute approximate surface area is 144 Å². The van der Waals surface area contributed by atoms with E-state index in [0.29, 0.717) is 5.88 Å². The van der Waals surface area contributed by atoms with Gasteiger partial charge in [0, 0.05) is 19.0 Å². The smallest absolute Gasteiger partial charge is 0.114 e. The highest BCUT2D eigenvalue weighted by Crippen LogP contribution is 1.99. The molecule has 0 saturated heterocycles. The summed E-state index contributed by atoms with van der Waals surface area (Å²) in [7, 11) is 1.69. The van der Waals surface area contributed by atoms with Crippen LogP contribution in [0.2, 0.25) is 0 Å². The summed E-state index contributed by atoms with van der Waals surface area (Å²) in [6.07, 6.45) is 13.1. The highest BCUT2D eigenvalue weighted by atomic mass is 35.5. The van der Waals surface area contributed by atoms with Crippen LogP contribution in [0.25, 0.3) is 0 Å². The van der Waals surface area contributed by atoms with Crippen LogP contribution >= 0.6 is 11.6 Å². The maximum atomic E-state index is 5.60. The Morgan fingerprint density at radius 2 is 1.73 bits per heavy atom. The number of rotatable bonds is 9. The molecule has 0 aliphatic carbocycles. The summed E-state index contributed by atoms with van der Waals surface area (Å²) in [5.74, 6) is 1.46. The minimum Gasteiger partial charge on any atom is -0.497 e. The number of allylic oxidation sites excluding steroid dienone is 4. The minimum atomic E-state index is 0.552. The fourth-order valence-corrected chi connectivity index (χ4v) is 1.44. The van der Waals surface area contributed by atoms with Gasteiger partial charge in [0.15, 0.2) is 0 Å². The lowest BCUT2D eigenvalue weighted by molar-refractivity contribution is 0.305. The van der Waals surface area contributed by atoms with Gasteiger partial charge in [0.05, 0.1) is 7.11 Å². The van der Waals surface area contributed by atoms with Gasteiger partial charge in [0.2, 0.25) is 0 Å². The molecule has 0 unspecified atom stereocenters. The van der Waals surface area contributed by atoms with Crippen molar-refractivity contribution in [2.24, 2.45) is 0 Å². The van der Waals surface area contributed by atoms with Crippen LogP contribution in [0.1, 0.15) is 48.0 Å². The lowest BCUT2D eigenvalue weighted by atomic mass is 10.2. The molecule has 0 aromatic carbocycles. The predicted molar refractivity (Wildman–Crippen MR) is 104 cm³/mol. The largest absolute Gasteiger partial charge is 0.497 e. The highest BCUT2D eigenvalue weighted by Gasteiger charge is 1.90. The Hall–Kier alpha value is -0.990. The summed E-state index contributed by atoms with van der Waals surface area (Å²) in [6.45, 7) is 13.8. The van der Waals surface area contributed by atoms with Gasteiger partial charge in [-0.25, -0.2) is 0 Å². The Bertz CT molecular complexity index is 317. The first kappa shape index (κ1) is 25.9. The second-order valence-corrected chi connectivity index (χ2v) is 3.98. The first-order chi connectivity index (χ1) is 10.8. The quantitative estimate of drug-likeness (QED) is 0.247. The van der Waals surface area contributed by atoms with E-state index in [-0.39, 0.29) is 0 Å². The lowest BCUT2D eigenvalue weighted by Crippen LogP contribution is -2.16. The third kappa shape index (κ3) is 19.0. The zero-order chi connectivity index (χ0) is 17.6. The van der Waals surface area contributed by atoms with Gasteiger partial charge in [0.1, 0.15) is 5.76 Å². The molecule has 1 N–H and O–H groups in total. The van der Waals surface area contributed by atoms with E-state index >= 15 is 0 Å². The molecule has 0 radical (unpaired) electrons. The minimum absolute atomic E-state index is 0.552. The highest BCUT2D eigenvalue weighted by molar-refractivity contribution is 6.18. The molecule has 0 aliphatic heterocycles. The van der Waals surface area contributed by atoms with Crippen LogP contribution in [0.15, 0.2) is 47.8 Å². The molecule has 0 bridgehead atoms. The number of hydrogen-bond donors (Lipinski definition) is 1. The molecule has 0 aromatic rings. The first-order valence-corrected chi connectivity index (χ1v) is 8.81. The van der Waals surface area contributed by atoms with Gasteiger partial charge in [-0.1, -0.05) is 58.9 Å². The molecule has 2 nitrogen and oxygen atoms in total. The standard InChI is InChI=1S/C15H24ClNO.2C2H6/c1-4-8-15(18-3)10-7-12-17-13-14(5-2)9-6-11-16;2*1-2/h5-10,17H,4,11-13H2,1-3H3;2*1-2H3/b9-6-,10-7-,14-5+,15-8+;;. The second-order valence-electron chi connectivity index (χ2n) is 3.67. The molecular weight excluding hydrogens is 294 g/mol. The van der Waals surface area contributed by atoms with Crippen LogP contribution in [-0.4, -0.2) is 26.1 Å². The maximum absolute atomic E-state index is 5.60. The summed E-state index contributed by atoms with van der Waals surface area (Å²) < 4.78 is 5.20. The van der Waals surface area contributed by atoms with Crippen molar-refractivity contribution in [2.45, 2.75) is 48.0 Å². The summed E-state index contributed by atoms with van der Waals surface area (Å²) in [6, 6.07) is 0. The molecule has 3 heteroatoms. The van der Waals surface area contributed by atoms with E-state index in [1.807, 2.05) is 52.8 Å². The summed E-state index contributed by atoms with van der Waals surface area (Å²) >= 11 is 5.60. The van der Waals surface area contributed by atoms with E-state index < -0.39 is 0 Å². The third-order valence-electron chi connectivity index (χ3n) is 2.31. The molecule has 0 aliphatic rings. The number of nitrogens with one attached hydrogen (secondary N) is 1. The number of ether oxygens (including phenoxy) is 1. The molecular formula is C19H36ClNO. The first-order valence-electron chi connectivity index (χ1n) is 8.27. The normalized spacial score (nSPS) is 11.8. The fraction of sp³-hybridized carbons (Fsp3) is 0.579. The van der Waals surface area contributed by atoms with Crippen LogP contribution in [-0.2, 0) is 4.74 Å². The Kier molecular flexibility index (Phi) is 29.5. The van der Waals surface area contributed by atoms with Crippen molar-refractivity contribution < 1.29 is 4.74 Å². The van der Waals surface area contributed by atoms with Crippen molar-refractivity contribution in [1.29, 1.82) is 0 Å². The monoisotopic (exact) mass is 329 g/mol. The van der Waals surface area contributed by atoms with Crippen LogP contribution < -0.4 is 5.32 Å². The molecule has 0 amide bonds. The summed E-state index contributed by atoms with van der Waals surface area (Å²) in [5.41, 5.74) is 1.24. The van der Waals surface area contributed by atoms with Crippen molar-refractivity contribution in [3.8, 4) is 0 Å². The van der Waals surface area contributed by atoms with Crippen LogP contribution in [0, 0.1) is 0 Å². The van der Waals surface area contributed by atoms with Gasteiger partial charge >= 0.3 is 0 Å². The van der Waals surface area contributed by atoms with Crippen LogP contribution in [0.4, 0.5) is 0 Å². The molecule has 0 rings (SSSR count). The van der Waals surface area contributed by atoms with E-state index in [0.717, 1.165) is 25.3 Å². The van der Waals surface area contributed by atoms with Gasteiger partial charge in [-0.3, -0.25) is 0 Å². The van der Waals surface area contributed by atoms with Crippen molar-refractivity contribution >= 4 is 11.6 Å². The molecule has 0 fully saturated rings. The van der Waals surface area contributed by atoms with E-state index in [1.165, 1.54) is 5.57 Å². The van der Waals surface area contributed by atoms with Gasteiger partial charge in [-0.05, 0) is 31.1 Å². The SMILES string of the molecule is C/C=C(\C=C/CCl)CNC/C=C\C(=C/CC)OC.CC.CC. The average molecular weight is 330 g/mol. The molecule has 130 valence electrons. The zero-order valence-corrected chi connectivity index (χ0v) is 16.3. The summed E-state index contributed by atoms with van der Waals surface area (Å²) in [5, 5.41) is 3.33. The molecule has 0 spiro atoms. The zero-order valence-electron chi connectivity index (χ0n) is 15.6. The molecule has 0 saturated carbocycles. The van der Waals surface area contributed by atoms with E-state index in [2.05, 4.69) is 30.5 Å². The maximum Gasteiger partial charge on any atom is 0.114 e. The van der Waals surface area contributed by atoms with Crippen LogP contribution in [0.5, 0.6) is 0 Å².